The number of hydrogen-bond acceptors (Lipinski definition) is 1. The minimum atomic E-state index is -0.639. The summed E-state index contributed by atoms with van der Waals surface area (Å²) in [7, 11) is 0. The first kappa shape index (κ1) is 9.83. The van der Waals surface area contributed by atoms with Crippen LogP contribution in [-0.2, 0) is 6.42 Å². The third-order valence-electron chi connectivity index (χ3n) is 2.11. The van der Waals surface area contributed by atoms with Crippen LogP contribution in [0, 0.1) is 18.3 Å². The van der Waals surface area contributed by atoms with Crippen LogP contribution in [0.5, 0.6) is 0 Å². The number of benzene rings is 1. The van der Waals surface area contributed by atoms with Gasteiger partial charge < -0.3 is 5.11 Å². The van der Waals surface area contributed by atoms with Gasteiger partial charge in [-0.15, -0.1) is 6.42 Å². The maximum atomic E-state index is 9.35. The molecule has 0 fully saturated rings. The molecule has 1 N–H and O–H groups in total. The second-order valence-electron chi connectivity index (χ2n) is 3.28. The Bertz CT molecular complexity index is 284. The summed E-state index contributed by atoms with van der Waals surface area (Å²) in [6.45, 7) is 1.96. The van der Waals surface area contributed by atoms with Gasteiger partial charge >= 0.3 is 0 Å². The van der Waals surface area contributed by atoms with Gasteiger partial charge in [0.15, 0.2) is 0 Å². The number of terminal acetylenes is 1. The van der Waals surface area contributed by atoms with Crippen LogP contribution in [0.3, 0.4) is 0 Å². The molecular formula is C12H14O. The van der Waals surface area contributed by atoms with E-state index in [0.717, 1.165) is 6.42 Å². The van der Waals surface area contributed by atoms with Crippen molar-refractivity contribution in [2.24, 2.45) is 5.92 Å². The van der Waals surface area contributed by atoms with Crippen molar-refractivity contribution in [2.75, 3.05) is 0 Å². The van der Waals surface area contributed by atoms with Gasteiger partial charge in [-0.1, -0.05) is 43.2 Å². The Morgan fingerprint density at radius 2 is 2.00 bits per heavy atom. The van der Waals surface area contributed by atoms with E-state index < -0.39 is 6.10 Å². The van der Waals surface area contributed by atoms with E-state index in [4.69, 9.17) is 6.42 Å². The molecule has 1 aromatic carbocycles. The van der Waals surface area contributed by atoms with Crippen molar-refractivity contribution >= 4 is 0 Å². The number of aliphatic hydroxyl groups excluding tert-OH is 1. The fraction of sp³-hybridized carbons (Fsp3) is 0.333. The van der Waals surface area contributed by atoms with E-state index >= 15 is 0 Å². The van der Waals surface area contributed by atoms with Crippen LogP contribution < -0.4 is 0 Å². The van der Waals surface area contributed by atoms with Gasteiger partial charge in [0.2, 0.25) is 0 Å². The van der Waals surface area contributed by atoms with Crippen LogP contribution in [0.1, 0.15) is 12.5 Å². The average molecular weight is 174 g/mol. The second kappa shape index (κ2) is 4.69. The SMILES string of the molecule is C#CC(O)C(C)Cc1ccccc1. The summed E-state index contributed by atoms with van der Waals surface area (Å²) in [5.41, 5.74) is 1.21. The average Bonchev–Trinajstić information content (AvgIpc) is 2.18. The Balaban J connectivity index is 2.56. The molecule has 0 aliphatic rings. The summed E-state index contributed by atoms with van der Waals surface area (Å²) < 4.78 is 0. The largest absolute Gasteiger partial charge is 0.380 e. The molecule has 0 amide bonds. The normalized spacial score (nSPS) is 14.5. The summed E-state index contributed by atoms with van der Waals surface area (Å²) in [4.78, 5) is 0. The monoisotopic (exact) mass is 174 g/mol. The maximum absolute atomic E-state index is 9.35. The summed E-state index contributed by atoms with van der Waals surface area (Å²) in [6, 6.07) is 10.0. The molecule has 2 atom stereocenters. The first-order valence-corrected chi connectivity index (χ1v) is 4.42. The van der Waals surface area contributed by atoms with E-state index in [0.29, 0.717) is 0 Å². The molecule has 2 unspecified atom stereocenters. The van der Waals surface area contributed by atoms with Gasteiger partial charge in [0.05, 0.1) is 0 Å². The van der Waals surface area contributed by atoms with E-state index in [2.05, 4.69) is 5.92 Å². The molecule has 0 aliphatic heterocycles. The molecule has 0 heterocycles. The smallest absolute Gasteiger partial charge is 0.117 e. The van der Waals surface area contributed by atoms with Gasteiger partial charge in [0.25, 0.3) is 0 Å². The molecule has 68 valence electrons. The molecule has 0 saturated carbocycles. The van der Waals surface area contributed by atoms with E-state index in [1.165, 1.54) is 5.56 Å². The third-order valence-corrected chi connectivity index (χ3v) is 2.11. The Morgan fingerprint density at radius 3 is 2.54 bits per heavy atom. The minimum Gasteiger partial charge on any atom is -0.380 e. The van der Waals surface area contributed by atoms with E-state index in [-0.39, 0.29) is 5.92 Å². The molecule has 0 spiro atoms. The first-order chi connectivity index (χ1) is 6.24. The first-order valence-electron chi connectivity index (χ1n) is 4.42. The van der Waals surface area contributed by atoms with Crippen LogP contribution >= 0.6 is 0 Å². The highest BCUT2D eigenvalue weighted by molar-refractivity contribution is 5.16. The molecular weight excluding hydrogens is 160 g/mol. The summed E-state index contributed by atoms with van der Waals surface area (Å²) in [5, 5.41) is 9.35. The lowest BCUT2D eigenvalue weighted by Gasteiger charge is -2.13. The summed E-state index contributed by atoms with van der Waals surface area (Å²) in [5.74, 6) is 2.46. The van der Waals surface area contributed by atoms with Gasteiger partial charge in [0.1, 0.15) is 6.10 Å². The van der Waals surface area contributed by atoms with Crippen molar-refractivity contribution < 1.29 is 5.11 Å². The zero-order valence-electron chi connectivity index (χ0n) is 7.77. The predicted molar refractivity (Wildman–Crippen MR) is 54.1 cm³/mol. The van der Waals surface area contributed by atoms with Crippen molar-refractivity contribution in [3.63, 3.8) is 0 Å². The summed E-state index contributed by atoms with van der Waals surface area (Å²) in [6.07, 6.45) is 5.31. The highest BCUT2D eigenvalue weighted by Crippen LogP contribution is 2.11. The van der Waals surface area contributed by atoms with Gasteiger partial charge in [-0.3, -0.25) is 0 Å². The van der Waals surface area contributed by atoms with E-state index in [1.54, 1.807) is 0 Å². The minimum absolute atomic E-state index is 0.118. The van der Waals surface area contributed by atoms with Crippen LogP contribution in [0.15, 0.2) is 30.3 Å². The van der Waals surface area contributed by atoms with Crippen molar-refractivity contribution in [3.8, 4) is 12.3 Å². The quantitative estimate of drug-likeness (QED) is 0.693. The van der Waals surface area contributed by atoms with E-state index in [1.807, 2.05) is 37.3 Å². The molecule has 0 bridgehead atoms. The molecule has 1 heteroatoms. The lowest BCUT2D eigenvalue weighted by atomic mass is 9.96. The molecule has 1 nitrogen and oxygen atoms in total. The molecule has 0 radical (unpaired) electrons. The Kier molecular flexibility index (Phi) is 3.54. The topological polar surface area (TPSA) is 20.2 Å². The van der Waals surface area contributed by atoms with Crippen molar-refractivity contribution in [1.82, 2.24) is 0 Å². The lowest BCUT2D eigenvalue weighted by Crippen LogP contribution is -2.17. The molecule has 0 saturated heterocycles. The fourth-order valence-electron chi connectivity index (χ4n) is 1.26. The van der Waals surface area contributed by atoms with E-state index in [9.17, 15) is 5.11 Å². The van der Waals surface area contributed by atoms with Crippen molar-refractivity contribution in [3.05, 3.63) is 35.9 Å². The van der Waals surface area contributed by atoms with Crippen LogP contribution in [-0.4, -0.2) is 11.2 Å². The Morgan fingerprint density at radius 1 is 1.38 bits per heavy atom. The molecule has 0 aliphatic carbocycles. The van der Waals surface area contributed by atoms with Gasteiger partial charge in [-0.25, -0.2) is 0 Å². The van der Waals surface area contributed by atoms with Gasteiger partial charge in [0, 0.05) is 0 Å². The second-order valence-corrected chi connectivity index (χ2v) is 3.28. The number of rotatable bonds is 3. The van der Waals surface area contributed by atoms with Crippen LogP contribution in [0.4, 0.5) is 0 Å². The Hall–Kier alpha value is -1.26. The number of hydrogen-bond donors (Lipinski definition) is 1. The molecule has 1 aromatic rings. The van der Waals surface area contributed by atoms with Crippen molar-refractivity contribution in [1.29, 1.82) is 0 Å². The predicted octanol–water partition coefficient (Wildman–Crippen LogP) is 1.86. The zero-order chi connectivity index (χ0) is 9.68. The third kappa shape index (κ3) is 2.93. The van der Waals surface area contributed by atoms with Gasteiger partial charge in [-0.2, -0.15) is 0 Å². The van der Waals surface area contributed by atoms with Crippen molar-refractivity contribution in [2.45, 2.75) is 19.4 Å². The fourth-order valence-corrected chi connectivity index (χ4v) is 1.26. The highest BCUT2D eigenvalue weighted by atomic mass is 16.3. The van der Waals surface area contributed by atoms with Gasteiger partial charge in [-0.05, 0) is 17.9 Å². The Labute approximate surface area is 79.4 Å². The lowest BCUT2D eigenvalue weighted by molar-refractivity contribution is 0.171. The molecule has 0 aromatic heterocycles. The highest BCUT2D eigenvalue weighted by Gasteiger charge is 2.11. The zero-order valence-corrected chi connectivity index (χ0v) is 7.77. The molecule has 13 heavy (non-hydrogen) atoms. The number of aliphatic hydroxyl groups is 1. The molecule has 1 rings (SSSR count). The van der Waals surface area contributed by atoms with Crippen LogP contribution in [0.25, 0.3) is 0 Å². The maximum Gasteiger partial charge on any atom is 0.117 e. The summed E-state index contributed by atoms with van der Waals surface area (Å²) >= 11 is 0. The van der Waals surface area contributed by atoms with Crippen LogP contribution in [0.2, 0.25) is 0 Å². The standard InChI is InChI=1S/C12H14O/c1-3-12(13)10(2)9-11-7-5-4-6-8-11/h1,4-8,10,12-13H,9H2,2H3.